The Balaban J connectivity index is 2.51. The minimum absolute atomic E-state index is 0.00979. The van der Waals surface area contributed by atoms with E-state index in [0.717, 1.165) is 0 Å². The number of aromatic amines is 1. The first kappa shape index (κ1) is 16.0. The molecule has 0 unspecified atom stereocenters. The van der Waals surface area contributed by atoms with Crippen molar-refractivity contribution in [1.29, 1.82) is 0 Å². The van der Waals surface area contributed by atoms with Gasteiger partial charge in [0.15, 0.2) is 10.9 Å². The van der Waals surface area contributed by atoms with E-state index in [1.54, 1.807) is 6.92 Å². The number of aromatic hydroxyl groups is 2. The van der Waals surface area contributed by atoms with E-state index in [1.807, 2.05) is 6.26 Å². The third kappa shape index (κ3) is 3.12. The summed E-state index contributed by atoms with van der Waals surface area (Å²) in [6.45, 7) is 1.71. The number of hydrogen-bond acceptors (Lipinski definition) is 5. The van der Waals surface area contributed by atoms with E-state index >= 15 is 0 Å². The molecule has 0 spiro atoms. The average Bonchev–Trinajstić information content (AvgIpc) is 2.45. The Morgan fingerprint density at radius 2 is 2.00 bits per heavy atom. The van der Waals surface area contributed by atoms with Gasteiger partial charge in [-0.2, -0.15) is 0 Å². The van der Waals surface area contributed by atoms with Gasteiger partial charge in [-0.05, 0) is 19.2 Å². The zero-order valence-corrected chi connectivity index (χ0v) is 13.5. The molecule has 0 radical (unpaired) electrons. The van der Waals surface area contributed by atoms with Gasteiger partial charge < -0.3 is 15.2 Å². The lowest BCUT2D eigenvalue weighted by Crippen LogP contribution is -2.17. The van der Waals surface area contributed by atoms with Crippen molar-refractivity contribution >= 4 is 35.0 Å². The van der Waals surface area contributed by atoms with Gasteiger partial charge in [0.2, 0.25) is 0 Å². The summed E-state index contributed by atoms with van der Waals surface area (Å²) in [7, 11) is 0. The lowest BCUT2D eigenvalue weighted by Gasteiger charge is -2.10. The number of aromatic nitrogens is 2. The number of nitrogens with one attached hydrogen (secondary N) is 1. The van der Waals surface area contributed by atoms with E-state index < -0.39 is 0 Å². The summed E-state index contributed by atoms with van der Waals surface area (Å²) in [6, 6.07) is 1.37. The molecule has 112 valence electrons. The summed E-state index contributed by atoms with van der Waals surface area (Å²) in [6.07, 6.45) is 1.91. The van der Waals surface area contributed by atoms with Crippen molar-refractivity contribution in [2.75, 3.05) is 6.26 Å². The van der Waals surface area contributed by atoms with Gasteiger partial charge >= 0.3 is 0 Å². The highest BCUT2D eigenvalue weighted by Gasteiger charge is 2.17. The second-order valence-corrected chi connectivity index (χ2v) is 5.92. The molecule has 1 heterocycles. The van der Waals surface area contributed by atoms with Gasteiger partial charge in [-0.25, -0.2) is 4.98 Å². The Labute approximate surface area is 135 Å². The summed E-state index contributed by atoms with van der Waals surface area (Å²) in [5.74, 6) is -0.688. The van der Waals surface area contributed by atoms with Crippen LogP contribution in [-0.4, -0.2) is 26.4 Å². The van der Waals surface area contributed by atoms with Crippen molar-refractivity contribution < 1.29 is 10.2 Å². The molecule has 0 atom stereocenters. The number of hydrogen-bond donors (Lipinski definition) is 3. The Morgan fingerprint density at radius 1 is 1.33 bits per heavy atom. The molecule has 2 rings (SSSR count). The topological polar surface area (TPSA) is 86.2 Å². The normalized spacial score (nSPS) is 10.9. The second-order valence-electron chi connectivity index (χ2n) is 4.34. The number of phenolic OH excluding ortho intramolecular Hbond substituents is 2. The van der Waals surface area contributed by atoms with Gasteiger partial charge in [-0.3, -0.25) is 4.79 Å². The number of benzene rings is 1. The van der Waals surface area contributed by atoms with Crippen molar-refractivity contribution in [3.8, 4) is 11.5 Å². The molecule has 1 aromatic carbocycles. The molecule has 0 saturated carbocycles. The molecule has 3 N–H and O–H groups in total. The molecule has 5 nitrogen and oxygen atoms in total. The van der Waals surface area contributed by atoms with Crippen LogP contribution in [0.4, 0.5) is 0 Å². The number of nitrogens with zero attached hydrogens (tertiary/aromatic N) is 1. The predicted molar refractivity (Wildman–Crippen MR) is 84.0 cm³/mol. The SMILES string of the molecule is CSc1nc(C)c(Cc2cc(Cl)c(O)c(Cl)c2O)c(=O)[nH]1. The van der Waals surface area contributed by atoms with Gasteiger partial charge in [0.1, 0.15) is 10.8 Å². The van der Waals surface area contributed by atoms with E-state index in [0.29, 0.717) is 22.0 Å². The van der Waals surface area contributed by atoms with Crippen LogP contribution in [-0.2, 0) is 6.42 Å². The van der Waals surface area contributed by atoms with E-state index in [4.69, 9.17) is 23.2 Å². The van der Waals surface area contributed by atoms with Gasteiger partial charge in [0, 0.05) is 23.2 Å². The lowest BCUT2D eigenvalue weighted by atomic mass is 10.0. The van der Waals surface area contributed by atoms with Crippen molar-refractivity contribution in [3.63, 3.8) is 0 Å². The highest BCUT2D eigenvalue weighted by atomic mass is 35.5. The predicted octanol–water partition coefficient (Wildman–Crippen LogP) is 3.11. The standard InChI is InChI=1S/C13H12Cl2N2O3S/c1-5-7(12(20)17-13(16-5)21-2)3-6-4-8(14)11(19)9(15)10(6)18/h4,18-19H,3H2,1-2H3,(H,16,17,20). The van der Waals surface area contributed by atoms with E-state index in [1.165, 1.54) is 17.8 Å². The Kier molecular flexibility index (Phi) is 4.70. The maximum absolute atomic E-state index is 12.1. The number of phenols is 2. The van der Waals surface area contributed by atoms with Crippen molar-refractivity contribution in [3.05, 3.63) is 43.3 Å². The van der Waals surface area contributed by atoms with Crippen molar-refractivity contribution in [2.24, 2.45) is 0 Å². The van der Waals surface area contributed by atoms with E-state index in [2.05, 4.69) is 9.97 Å². The van der Waals surface area contributed by atoms with Gasteiger partial charge in [0.25, 0.3) is 5.56 Å². The minimum atomic E-state index is -0.388. The second kappa shape index (κ2) is 6.17. The van der Waals surface area contributed by atoms with Gasteiger partial charge in [-0.1, -0.05) is 35.0 Å². The number of rotatable bonds is 3. The maximum Gasteiger partial charge on any atom is 0.255 e. The molecular formula is C13H12Cl2N2O3S. The first-order valence-electron chi connectivity index (χ1n) is 5.87. The van der Waals surface area contributed by atoms with Gasteiger partial charge in [-0.15, -0.1) is 0 Å². The number of aryl methyl sites for hydroxylation is 1. The number of halogens is 2. The van der Waals surface area contributed by atoms with Crippen LogP contribution in [0.25, 0.3) is 0 Å². The van der Waals surface area contributed by atoms with Crippen LogP contribution in [0.15, 0.2) is 16.0 Å². The first-order chi connectivity index (χ1) is 9.85. The summed E-state index contributed by atoms with van der Waals surface area (Å²) in [4.78, 5) is 19.0. The lowest BCUT2D eigenvalue weighted by molar-refractivity contribution is 0.447. The monoisotopic (exact) mass is 346 g/mol. The van der Waals surface area contributed by atoms with Crippen LogP contribution < -0.4 is 5.56 Å². The average molecular weight is 347 g/mol. The molecule has 0 aliphatic carbocycles. The van der Waals surface area contributed by atoms with Crippen LogP contribution in [0.5, 0.6) is 11.5 Å². The van der Waals surface area contributed by atoms with E-state index in [-0.39, 0.29) is 33.5 Å². The molecule has 21 heavy (non-hydrogen) atoms. The Morgan fingerprint density at radius 3 is 2.57 bits per heavy atom. The Bertz CT molecular complexity index is 762. The zero-order valence-electron chi connectivity index (χ0n) is 11.2. The molecule has 0 bridgehead atoms. The molecule has 0 fully saturated rings. The van der Waals surface area contributed by atoms with Crippen LogP contribution in [0.2, 0.25) is 10.0 Å². The van der Waals surface area contributed by atoms with Crippen LogP contribution in [0, 0.1) is 6.92 Å². The summed E-state index contributed by atoms with van der Waals surface area (Å²) in [5, 5.41) is 19.8. The highest BCUT2D eigenvalue weighted by molar-refractivity contribution is 7.98. The van der Waals surface area contributed by atoms with Crippen molar-refractivity contribution in [2.45, 2.75) is 18.5 Å². The molecule has 2 aromatic rings. The third-order valence-electron chi connectivity index (χ3n) is 3.01. The van der Waals surface area contributed by atoms with Crippen LogP contribution in [0.3, 0.4) is 0 Å². The zero-order chi connectivity index (χ0) is 15.7. The summed E-state index contributed by atoms with van der Waals surface area (Å²) < 4.78 is 0. The molecular weight excluding hydrogens is 335 g/mol. The van der Waals surface area contributed by atoms with Crippen LogP contribution >= 0.6 is 35.0 Å². The molecule has 0 saturated heterocycles. The Hall–Kier alpha value is -1.37. The van der Waals surface area contributed by atoms with Gasteiger partial charge in [0.05, 0.1) is 5.02 Å². The third-order valence-corrected chi connectivity index (χ3v) is 4.23. The fourth-order valence-corrected chi connectivity index (χ4v) is 2.78. The van der Waals surface area contributed by atoms with E-state index in [9.17, 15) is 15.0 Å². The molecule has 1 aromatic heterocycles. The highest BCUT2D eigenvalue weighted by Crippen LogP contribution is 2.41. The molecule has 8 heteroatoms. The largest absolute Gasteiger partial charge is 0.506 e. The number of thioether (sulfide) groups is 1. The first-order valence-corrected chi connectivity index (χ1v) is 7.85. The maximum atomic E-state index is 12.1. The molecule has 0 amide bonds. The molecule has 0 aliphatic heterocycles. The summed E-state index contributed by atoms with van der Waals surface area (Å²) >= 11 is 13.0. The quantitative estimate of drug-likeness (QED) is 0.587. The fourth-order valence-electron chi connectivity index (χ4n) is 1.86. The fraction of sp³-hybridized carbons (Fsp3) is 0.231. The molecule has 0 aliphatic rings. The van der Waals surface area contributed by atoms with Crippen LogP contribution in [0.1, 0.15) is 16.8 Å². The minimum Gasteiger partial charge on any atom is -0.506 e. The smallest absolute Gasteiger partial charge is 0.255 e. The number of H-pyrrole nitrogens is 1. The summed E-state index contributed by atoms with van der Waals surface area (Å²) in [5.41, 5.74) is 1.02. The van der Waals surface area contributed by atoms with Crippen molar-refractivity contribution in [1.82, 2.24) is 9.97 Å².